The van der Waals surface area contributed by atoms with Gasteiger partial charge < -0.3 is 20.5 Å². The van der Waals surface area contributed by atoms with Crippen LogP contribution in [0.3, 0.4) is 0 Å². The summed E-state index contributed by atoms with van der Waals surface area (Å²) in [5.41, 5.74) is 7.53. The molecule has 0 amide bonds. The number of aliphatic hydroxyl groups is 1. The number of imidazole rings is 1. The van der Waals surface area contributed by atoms with Crippen LogP contribution in [0.5, 0.6) is 0 Å². The maximum atomic E-state index is 12.8. The van der Waals surface area contributed by atoms with Crippen LogP contribution in [0.4, 0.5) is 5.82 Å². The highest BCUT2D eigenvalue weighted by Gasteiger charge is 2.20. The van der Waals surface area contributed by atoms with Gasteiger partial charge >= 0.3 is 5.69 Å². The van der Waals surface area contributed by atoms with E-state index in [1.165, 1.54) is 11.0 Å². The molecule has 0 bridgehead atoms. The van der Waals surface area contributed by atoms with Gasteiger partial charge in [-0.1, -0.05) is 20.3 Å². The van der Waals surface area contributed by atoms with Crippen LogP contribution < -0.4 is 16.3 Å². The first-order valence-corrected chi connectivity index (χ1v) is 12.0. The summed E-state index contributed by atoms with van der Waals surface area (Å²) >= 11 is 0. The molecule has 0 aliphatic carbocycles. The fourth-order valence-electron chi connectivity index (χ4n) is 3.75. The van der Waals surface area contributed by atoms with E-state index in [4.69, 9.17) is 15.5 Å². The second-order valence-electron chi connectivity index (χ2n) is 8.36. The van der Waals surface area contributed by atoms with Crippen molar-refractivity contribution in [3.63, 3.8) is 0 Å². The molecule has 0 fully saturated rings. The van der Waals surface area contributed by atoms with Crippen molar-refractivity contribution in [2.45, 2.75) is 46.3 Å². The van der Waals surface area contributed by atoms with Gasteiger partial charge in [0, 0.05) is 38.3 Å². The van der Waals surface area contributed by atoms with Crippen molar-refractivity contribution in [3.05, 3.63) is 41.1 Å². The van der Waals surface area contributed by atoms with Gasteiger partial charge in [-0.2, -0.15) is 5.10 Å². The number of H-pyrrole nitrogens is 1. The fourth-order valence-corrected chi connectivity index (χ4v) is 3.75. The Morgan fingerprint density at radius 1 is 1.31 bits per heavy atom. The summed E-state index contributed by atoms with van der Waals surface area (Å²) < 4.78 is 8.58. The van der Waals surface area contributed by atoms with Crippen molar-refractivity contribution >= 4 is 27.9 Å². The van der Waals surface area contributed by atoms with E-state index >= 15 is 0 Å². The number of aliphatic hydroxyl groups excluding tert-OH is 1. The van der Waals surface area contributed by atoms with Crippen molar-refractivity contribution in [2.24, 2.45) is 5.73 Å². The van der Waals surface area contributed by atoms with Gasteiger partial charge in [0.25, 0.3) is 0 Å². The lowest BCUT2D eigenvalue weighted by Crippen LogP contribution is -2.33. The van der Waals surface area contributed by atoms with E-state index in [9.17, 15) is 9.90 Å². The molecular weight excluding hydrogens is 448 g/mol. The molecule has 0 spiro atoms. The van der Waals surface area contributed by atoms with Crippen LogP contribution in [0.15, 0.2) is 35.4 Å². The number of nitrogens with zero attached hydrogens (tertiary/aromatic N) is 6. The molecule has 0 aromatic carbocycles. The zero-order chi connectivity index (χ0) is 25.4. The van der Waals surface area contributed by atoms with Gasteiger partial charge in [-0.25, -0.2) is 19.3 Å². The fraction of sp³-hybridized carbons (Fsp3) is 0.500. The predicted octanol–water partition coefficient (Wildman–Crippen LogP) is 2.06. The third kappa shape index (κ3) is 6.05. The lowest BCUT2D eigenvalue weighted by molar-refractivity contribution is 0.184. The molecule has 11 heteroatoms. The summed E-state index contributed by atoms with van der Waals surface area (Å²) in [5.74, 6) is 1.12. The molecular formula is C24H36N8O3. The molecule has 0 saturated heterocycles. The third-order valence-electron chi connectivity index (χ3n) is 5.29. The quantitative estimate of drug-likeness (QED) is 0.311. The number of ether oxygens (including phenoxy) is 1. The van der Waals surface area contributed by atoms with Crippen molar-refractivity contribution in [1.82, 2.24) is 29.3 Å². The Bertz CT molecular complexity index is 1280. The van der Waals surface area contributed by atoms with Crippen molar-refractivity contribution in [3.8, 4) is 5.82 Å². The Hall–Kier alpha value is -3.28. The highest BCUT2D eigenvalue weighted by atomic mass is 16.5. The van der Waals surface area contributed by atoms with Gasteiger partial charge in [-0.3, -0.25) is 9.67 Å². The number of hydrogen-bond acceptors (Lipinski definition) is 8. The molecule has 0 saturated carbocycles. The molecule has 4 aromatic rings. The molecule has 1 unspecified atom stereocenters. The number of hydrogen-bond donors (Lipinski definition) is 3. The number of methoxy groups -OCH3 is 1. The Morgan fingerprint density at radius 3 is 2.77 bits per heavy atom. The van der Waals surface area contributed by atoms with E-state index in [1.54, 1.807) is 32.5 Å². The monoisotopic (exact) mass is 484 g/mol. The molecule has 0 aliphatic rings. The first-order chi connectivity index (χ1) is 16.9. The number of fused-ring (bicyclic) bond motifs is 2. The summed E-state index contributed by atoms with van der Waals surface area (Å²) in [4.78, 5) is 26.7. The van der Waals surface area contributed by atoms with Crippen LogP contribution in [-0.4, -0.2) is 73.9 Å². The molecule has 35 heavy (non-hydrogen) atoms. The van der Waals surface area contributed by atoms with Gasteiger partial charge in [0.15, 0.2) is 11.5 Å². The minimum Gasteiger partial charge on any atom is -0.393 e. The predicted molar refractivity (Wildman–Crippen MR) is 138 cm³/mol. The second-order valence-corrected chi connectivity index (χ2v) is 8.36. The van der Waals surface area contributed by atoms with Crippen LogP contribution in [0.1, 0.15) is 33.6 Å². The number of aromatic amines is 1. The Kier molecular flexibility index (Phi) is 9.35. The number of aromatic nitrogens is 6. The van der Waals surface area contributed by atoms with Gasteiger partial charge in [0.05, 0.1) is 31.0 Å². The highest BCUT2D eigenvalue weighted by molar-refractivity contribution is 5.91. The average molecular weight is 485 g/mol. The largest absolute Gasteiger partial charge is 0.393 e. The Labute approximate surface area is 204 Å². The zero-order valence-corrected chi connectivity index (χ0v) is 20.9. The Balaban J connectivity index is 0.00000108. The molecule has 4 N–H and O–H groups in total. The molecule has 0 aliphatic heterocycles. The lowest BCUT2D eigenvalue weighted by atomic mass is 10.2. The first-order valence-electron chi connectivity index (χ1n) is 12.0. The van der Waals surface area contributed by atoms with Gasteiger partial charge in [-0.05, 0) is 31.5 Å². The maximum Gasteiger partial charge on any atom is 0.333 e. The standard InChI is InChI=1S/C21H28N8O3.C3H8/c1-14(30)5-8-27(9-6-22)20-18-15(13-24-28(18)10-11-32-2)12-17(25-20)29-16-4-3-7-23-19(16)26-21(29)31;1-3-2/h3-4,7,12-14,30H,5-6,8-11,22H2,1-2H3,(H,23,26,31);3H2,1-2H3. The SMILES string of the molecule is CCC.COCCn1ncc2cc(-n3c(=O)[nH]c4ncccc43)nc(N(CCN)CCC(C)O)c21. The molecule has 190 valence electrons. The topological polar surface area (TPSA) is 140 Å². The first kappa shape index (κ1) is 26.3. The molecule has 4 heterocycles. The number of rotatable bonds is 10. The smallest absolute Gasteiger partial charge is 0.333 e. The molecule has 4 aromatic heterocycles. The number of anilines is 1. The van der Waals surface area contributed by atoms with Gasteiger partial charge in [0.2, 0.25) is 0 Å². The van der Waals surface area contributed by atoms with E-state index in [-0.39, 0.29) is 5.69 Å². The number of pyridine rings is 2. The number of nitrogens with two attached hydrogens (primary N) is 1. The molecule has 0 radical (unpaired) electrons. The van der Waals surface area contributed by atoms with E-state index < -0.39 is 6.10 Å². The van der Waals surface area contributed by atoms with Crippen molar-refractivity contribution < 1.29 is 9.84 Å². The van der Waals surface area contributed by atoms with Gasteiger partial charge in [0.1, 0.15) is 11.3 Å². The zero-order valence-electron chi connectivity index (χ0n) is 20.9. The minimum atomic E-state index is -0.463. The van der Waals surface area contributed by atoms with Crippen molar-refractivity contribution in [2.75, 3.05) is 38.3 Å². The highest BCUT2D eigenvalue weighted by Crippen LogP contribution is 2.28. The second kappa shape index (κ2) is 12.4. The van der Waals surface area contributed by atoms with Crippen molar-refractivity contribution in [1.29, 1.82) is 0 Å². The summed E-state index contributed by atoms with van der Waals surface area (Å²) in [6.45, 7) is 8.56. The average Bonchev–Trinajstić information content (AvgIpc) is 3.40. The van der Waals surface area contributed by atoms with Crippen LogP contribution >= 0.6 is 0 Å². The molecule has 4 rings (SSSR count). The number of nitrogens with one attached hydrogen (secondary N) is 1. The van der Waals surface area contributed by atoms with Crippen LogP contribution in [-0.2, 0) is 11.3 Å². The normalized spacial score (nSPS) is 12.1. The van der Waals surface area contributed by atoms with Crippen LogP contribution in [0, 0.1) is 0 Å². The summed E-state index contributed by atoms with van der Waals surface area (Å²) in [7, 11) is 1.64. The summed E-state index contributed by atoms with van der Waals surface area (Å²) in [6.07, 6.45) is 4.72. The van der Waals surface area contributed by atoms with Gasteiger partial charge in [-0.15, -0.1) is 0 Å². The van der Waals surface area contributed by atoms with Crippen LogP contribution in [0.2, 0.25) is 0 Å². The molecule has 1 atom stereocenters. The summed E-state index contributed by atoms with van der Waals surface area (Å²) in [5, 5.41) is 15.2. The van der Waals surface area contributed by atoms with E-state index in [0.29, 0.717) is 62.0 Å². The lowest BCUT2D eigenvalue weighted by Gasteiger charge is -2.25. The van der Waals surface area contributed by atoms with E-state index in [2.05, 4.69) is 28.9 Å². The van der Waals surface area contributed by atoms with E-state index in [0.717, 1.165) is 10.9 Å². The maximum absolute atomic E-state index is 12.8. The minimum absolute atomic E-state index is 0.322. The summed E-state index contributed by atoms with van der Waals surface area (Å²) in [6, 6.07) is 5.43. The molecule has 11 nitrogen and oxygen atoms in total. The Morgan fingerprint density at radius 2 is 2.09 bits per heavy atom. The third-order valence-corrected chi connectivity index (χ3v) is 5.29. The van der Waals surface area contributed by atoms with E-state index in [1.807, 2.05) is 21.7 Å². The van der Waals surface area contributed by atoms with Crippen LogP contribution in [0.25, 0.3) is 27.9 Å².